The Balaban J connectivity index is 1.52. The molecule has 156 valence electrons. The van der Waals surface area contributed by atoms with Crippen molar-refractivity contribution < 1.29 is 14.3 Å². The summed E-state index contributed by atoms with van der Waals surface area (Å²) < 4.78 is 13.4. The van der Waals surface area contributed by atoms with E-state index in [1.165, 1.54) is 5.56 Å². The number of hydrogen-bond donors (Lipinski definition) is 1. The number of aryl methyl sites for hydroxylation is 2. The number of anilines is 1. The Labute approximate surface area is 193 Å². The van der Waals surface area contributed by atoms with Crippen LogP contribution >= 0.6 is 31.9 Å². The normalized spacial score (nSPS) is 10.5. The van der Waals surface area contributed by atoms with Crippen LogP contribution < -0.4 is 14.8 Å². The van der Waals surface area contributed by atoms with Gasteiger partial charge in [-0.05, 0) is 71.1 Å². The van der Waals surface area contributed by atoms with E-state index in [2.05, 4.69) is 49.3 Å². The predicted molar refractivity (Wildman–Crippen MR) is 127 cm³/mol. The van der Waals surface area contributed by atoms with Crippen molar-refractivity contribution in [3.8, 4) is 11.5 Å². The van der Waals surface area contributed by atoms with Crippen LogP contribution in [0.25, 0.3) is 0 Å². The third-order valence-electron chi connectivity index (χ3n) is 4.41. The second-order valence-electron chi connectivity index (χ2n) is 6.80. The molecule has 4 nitrogen and oxygen atoms in total. The summed E-state index contributed by atoms with van der Waals surface area (Å²) in [5, 5.41) is 2.88. The number of benzene rings is 3. The van der Waals surface area contributed by atoms with Crippen molar-refractivity contribution in [1.29, 1.82) is 0 Å². The van der Waals surface area contributed by atoms with E-state index in [1.54, 1.807) is 0 Å². The summed E-state index contributed by atoms with van der Waals surface area (Å²) in [6.07, 6.45) is 1.84. The van der Waals surface area contributed by atoms with E-state index in [0.717, 1.165) is 27.4 Å². The van der Waals surface area contributed by atoms with Gasteiger partial charge in [0.25, 0.3) is 5.91 Å². The molecule has 0 spiro atoms. The van der Waals surface area contributed by atoms with E-state index in [4.69, 9.17) is 9.47 Å². The second-order valence-corrected chi connectivity index (χ2v) is 8.57. The molecule has 0 fully saturated rings. The molecule has 1 amide bonds. The number of nitrogens with one attached hydrogen (secondary N) is 1. The van der Waals surface area contributed by atoms with E-state index < -0.39 is 0 Å². The van der Waals surface area contributed by atoms with Crippen LogP contribution in [0.15, 0.2) is 75.7 Å². The molecule has 0 bridgehead atoms. The molecule has 0 aromatic heterocycles. The first kappa shape index (κ1) is 22.4. The molecule has 0 saturated carbocycles. The minimum Gasteiger partial charge on any atom is -0.491 e. The Morgan fingerprint density at radius 1 is 0.967 bits per heavy atom. The third-order valence-corrected chi connectivity index (χ3v) is 5.46. The van der Waals surface area contributed by atoms with Crippen LogP contribution in [0, 0.1) is 6.92 Å². The highest BCUT2D eigenvalue weighted by molar-refractivity contribution is 9.11. The molecule has 30 heavy (non-hydrogen) atoms. The first-order valence-corrected chi connectivity index (χ1v) is 11.3. The van der Waals surface area contributed by atoms with Gasteiger partial charge in [-0.2, -0.15) is 0 Å². The average Bonchev–Trinajstić information content (AvgIpc) is 2.72. The van der Waals surface area contributed by atoms with Crippen molar-refractivity contribution in [1.82, 2.24) is 0 Å². The second kappa shape index (κ2) is 11.2. The molecule has 0 aliphatic heterocycles. The standard InChI is InChI=1S/C24H23Br2NO3/c1-17-14-19(25)15-20(26)24(17)30-16-23(28)27-21-11-5-6-12-22(21)29-13-7-10-18-8-3-2-4-9-18/h2-6,8-9,11-12,14-15H,7,10,13,16H2,1H3,(H,27,28). The monoisotopic (exact) mass is 531 g/mol. The zero-order valence-electron chi connectivity index (χ0n) is 16.7. The molecule has 1 N–H and O–H groups in total. The number of para-hydroxylation sites is 2. The minimum absolute atomic E-state index is 0.0938. The molecular weight excluding hydrogens is 510 g/mol. The summed E-state index contributed by atoms with van der Waals surface area (Å²) in [7, 11) is 0. The van der Waals surface area contributed by atoms with Gasteiger partial charge in [-0.3, -0.25) is 4.79 Å². The Bertz CT molecular complexity index is 970. The number of halogens is 2. The van der Waals surface area contributed by atoms with E-state index in [0.29, 0.717) is 23.8 Å². The Morgan fingerprint density at radius 3 is 2.47 bits per heavy atom. The SMILES string of the molecule is Cc1cc(Br)cc(Br)c1OCC(=O)Nc1ccccc1OCCCc1ccccc1. The van der Waals surface area contributed by atoms with Crippen molar-refractivity contribution in [2.45, 2.75) is 19.8 Å². The van der Waals surface area contributed by atoms with Crippen molar-refractivity contribution in [2.75, 3.05) is 18.5 Å². The number of carbonyl (C=O) groups is 1. The zero-order chi connectivity index (χ0) is 21.3. The lowest BCUT2D eigenvalue weighted by Crippen LogP contribution is -2.21. The fourth-order valence-electron chi connectivity index (χ4n) is 2.99. The largest absolute Gasteiger partial charge is 0.491 e. The molecule has 0 atom stereocenters. The van der Waals surface area contributed by atoms with E-state index in [-0.39, 0.29) is 12.5 Å². The highest BCUT2D eigenvalue weighted by Gasteiger charge is 2.12. The molecular formula is C24H23Br2NO3. The van der Waals surface area contributed by atoms with Crippen molar-refractivity contribution in [2.24, 2.45) is 0 Å². The fraction of sp³-hybridized carbons (Fsp3) is 0.208. The summed E-state index contributed by atoms with van der Waals surface area (Å²) in [5.74, 6) is 1.06. The molecule has 3 aromatic carbocycles. The van der Waals surface area contributed by atoms with Crippen LogP contribution in [0.2, 0.25) is 0 Å². The van der Waals surface area contributed by atoms with E-state index in [9.17, 15) is 4.79 Å². The summed E-state index contributed by atoms with van der Waals surface area (Å²) in [6.45, 7) is 2.41. The molecule has 0 heterocycles. The van der Waals surface area contributed by atoms with Gasteiger partial charge in [0.2, 0.25) is 0 Å². The lowest BCUT2D eigenvalue weighted by Gasteiger charge is -2.14. The van der Waals surface area contributed by atoms with E-state index >= 15 is 0 Å². The van der Waals surface area contributed by atoms with Crippen LogP contribution in [-0.4, -0.2) is 19.1 Å². The lowest BCUT2D eigenvalue weighted by molar-refractivity contribution is -0.118. The summed E-state index contributed by atoms with van der Waals surface area (Å²) in [6, 6.07) is 21.6. The first-order chi connectivity index (χ1) is 14.5. The molecule has 3 aromatic rings. The third kappa shape index (κ3) is 6.61. The van der Waals surface area contributed by atoms with Gasteiger partial charge in [0, 0.05) is 4.47 Å². The van der Waals surface area contributed by atoms with Gasteiger partial charge in [0.15, 0.2) is 6.61 Å². The van der Waals surface area contributed by atoms with Gasteiger partial charge >= 0.3 is 0 Å². The number of amides is 1. The number of rotatable bonds is 9. The Hall–Kier alpha value is -2.31. The van der Waals surface area contributed by atoms with E-state index in [1.807, 2.05) is 61.5 Å². The average molecular weight is 533 g/mol. The number of carbonyl (C=O) groups excluding carboxylic acids is 1. The highest BCUT2D eigenvalue weighted by Crippen LogP contribution is 2.32. The first-order valence-electron chi connectivity index (χ1n) is 9.67. The molecule has 0 aliphatic carbocycles. The van der Waals surface area contributed by atoms with Gasteiger partial charge < -0.3 is 14.8 Å². The van der Waals surface area contributed by atoms with Crippen molar-refractivity contribution >= 4 is 43.5 Å². The van der Waals surface area contributed by atoms with Crippen LogP contribution in [0.5, 0.6) is 11.5 Å². The number of ether oxygens (including phenoxy) is 2. The maximum absolute atomic E-state index is 12.4. The summed E-state index contributed by atoms with van der Waals surface area (Å²) in [4.78, 5) is 12.4. The van der Waals surface area contributed by atoms with Gasteiger partial charge in [-0.25, -0.2) is 0 Å². The van der Waals surface area contributed by atoms with Gasteiger partial charge in [-0.1, -0.05) is 58.4 Å². The molecule has 0 radical (unpaired) electrons. The van der Waals surface area contributed by atoms with Crippen LogP contribution in [0.4, 0.5) is 5.69 Å². The molecule has 6 heteroatoms. The molecule has 0 aliphatic rings. The van der Waals surface area contributed by atoms with Crippen LogP contribution in [0.1, 0.15) is 17.5 Å². The predicted octanol–water partition coefficient (Wildman–Crippen LogP) is 6.55. The lowest BCUT2D eigenvalue weighted by atomic mass is 10.1. The Morgan fingerprint density at radius 2 is 1.70 bits per heavy atom. The highest BCUT2D eigenvalue weighted by atomic mass is 79.9. The molecule has 0 unspecified atom stereocenters. The van der Waals surface area contributed by atoms with Gasteiger partial charge in [-0.15, -0.1) is 0 Å². The molecule has 0 saturated heterocycles. The quantitative estimate of drug-likeness (QED) is 0.318. The van der Waals surface area contributed by atoms with Gasteiger partial charge in [0.1, 0.15) is 11.5 Å². The Kier molecular flexibility index (Phi) is 8.34. The number of hydrogen-bond acceptors (Lipinski definition) is 3. The topological polar surface area (TPSA) is 47.6 Å². The van der Waals surface area contributed by atoms with Crippen molar-refractivity contribution in [3.63, 3.8) is 0 Å². The maximum Gasteiger partial charge on any atom is 0.262 e. The summed E-state index contributed by atoms with van der Waals surface area (Å²) in [5.41, 5.74) is 2.86. The summed E-state index contributed by atoms with van der Waals surface area (Å²) >= 11 is 6.91. The van der Waals surface area contributed by atoms with Crippen LogP contribution in [0.3, 0.4) is 0 Å². The van der Waals surface area contributed by atoms with Crippen LogP contribution in [-0.2, 0) is 11.2 Å². The van der Waals surface area contributed by atoms with Crippen molar-refractivity contribution in [3.05, 3.63) is 86.8 Å². The minimum atomic E-state index is -0.246. The fourth-order valence-corrected chi connectivity index (χ4v) is 4.55. The zero-order valence-corrected chi connectivity index (χ0v) is 19.8. The molecule has 3 rings (SSSR count). The smallest absolute Gasteiger partial charge is 0.262 e. The maximum atomic E-state index is 12.4. The van der Waals surface area contributed by atoms with Gasteiger partial charge in [0.05, 0.1) is 16.8 Å².